The number of benzene rings is 1. The number of rotatable bonds is 3. The van der Waals surface area contributed by atoms with Crippen LogP contribution >= 0.6 is 0 Å². The van der Waals surface area contributed by atoms with E-state index in [4.69, 9.17) is 10.8 Å². The third kappa shape index (κ3) is 2.33. The van der Waals surface area contributed by atoms with Gasteiger partial charge in [-0.3, -0.25) is 4.79 Å². The highest BCUT2D eigenvalue weighted by atomic mass is 19.2. The molecule has 0 aromatic heterocycles. The van der Waals surface area contributed by atoms with Crippen molar-refractivity contribution in [1.82, 2.24) is 0 Å². The Morgan fingerprint density at radius 3 is 2.50 bits per heavy atom. The van der Waals surface area contributed by atoms with E-state index >= 15 is 0 Å². The first-order chi connectivity index (χ1) is 7.34. The van der Waals surface area contributed by atoms with Crippen LogP contribution in [0.3, 0.4) is 0 Å². The molecule has 0 saturated heterocycles. The van der Waals surface area contributed by atoms with Crippen molar-refractivity contribution in [3.05, 3.63) is 34.6 Å². The Bertz CT molecular complexity index is 435. The summed E-state index contributed by atoms with van der Waals surface area (Å²) in [6.07, 6.45) is -0.255. The lowest BCUT2D eigenvalue weighted by atomic mass is 10.0. The lowest BCUT2D eigenvalue weighted by Crippen LogP contribution is -2.32. The number of nitrogens with two attached hydrogens (primary N) is 1. The second-order valence-corrected chi connectivity index (χ2v) is 3.42. The molecule has 0 aliphatic carbocycles. The molecule has 0 bridgehead atoms. The zero-order valence-corrected chi connectivity index (χ0v) is 8.43. The third-order valence-electron chi connectivity index (χ3n) is 2.27. The van der Waals surface area contributed by atoms with Crippen LogP contribution in [0.4, 0.5) is 13.2 Å². The van der Waals surface area contributed by atoms with Crippen molar-refractivity contribution >= 4 is 5.97 Å². The van der Waals surface area contributed by atoms with E-state index < -0.39 is 29.5 Å². The number of aliphatic carboxylic acids is 1. The summed E-state index contributed by atoms with van der Waals surface area (Å²) >= 11 is 0. The highest BCUT2D eigenvalue weighted by Gasteiger charge is 2.19. The summed E-state index contributed by atoms with van der Waals surface area (Å²) in [7, 11) is 0. The van der Waals surface area contributed by atoms with Gasteiger partial charge in [0.25, 0.3) is 0 Å². The molecular weight excluding hydrogens is 223 g/mol. The summed E-state index contributed by atoms with van der Waals surface area (Å²) in [5.74, 6) is -5.52. The van der Waals surface area contributed by atoms with Crippen LogP contribution in [-0.2, 0) is 11.2 Å². The Morgan fingerprint density at radius 1 is 1.44 bits per heavy atom. The van der Waals surface area contributed by atoms with Gasteiger partial charge >= 0.3 is 5.97 Å². The topological polar surface area (TPSA) is 63.3 Å². The second kappa shape index (κ2) is 4.52. The number of hydrogen-bond acceptors (Lipinski definition) is 2. The largest absolute Gasteiger partial charge is 0.480 e. The second-order valence-electron chi connectivity index (χ2n) is 3.42. The van der Waals surface area contributed by atoms with E-state index in [-0.39, 0.29) is 17.5 Å². The molecule has 1 rings (SSSR count). The molecule has 0 aliphatic rings. The van der Waals surface area contributed by atoms with E-state index in [2.05, 4.69) is 0 Å². The summed E-state index contributed by atoms with van der Waals surface area (Å²) in [6, 6.07) is -0.515. The van der Waals surface area contributed by atoms with Crippen molar-refractivity contribution in [2.45, 2.75) is 19.4 Å². The maximum absolute atomic E-state index is 13.1. The predicted molar refractivity (Wildman–Crippen MR) is 50.4 cm³/mol. The SMILES string of the molecule is Cc1c(CC(N)C(=O)O)cc(F)c(F)c1F. The molecule has 16 heavy (non-hydrogen) atoms. The van der Waals surface area contributed by atoms with E-state index in [0.29, 0.717) is 0 Å². The summed E-state index contributed by atoms with van der Waals surface area (Å²) in [4.78, 5) is 10.5. The first kappa shape index (κ1) is 12.5. The van der Waals surface area contributed by atoms with Crippen LogP contribution in [-0.4, -0.2) is 17.1 Å². The predicted octanol–water partition coefficient (Wildman–Crippen LogP) is 1.37. The van der Waals surface area contributed by atoms with Gasteiger partial charge < -0.3 is 10.8 Å². The molecule has 0 spiro atoms. The highest BCUT2D eigenvalue weighted by molar-refractivity contribution is 5.73. The van der Waals surface area contributed by atoms with E-state index in [9.17, 15) is 18.0 Å². The molecule has 1 aromatic rings. The molecular formula is C10H10F3NO2. The van der Waals surface area contributed by atoms with Crippen LogP contribution in [0, 0.1) is 24.4 Å². The number of hydrogen-bond donors (Lipinski definition) is 2. The Kier molecular flexibility index (Phi) is 3.54. The fourth-order valence-corrected chi connectivity index (χ4v) is 1.27. The van der Waals surface area contributed by atoms with Crippen LogP contribution in [0.25, 0.3) is 0 Å². The molecule has 1 unspecified atom stereocenters. The minimum absolute atomic E-state index is 0.0475. The Morgan fingerprint density at radius 2 is 2.00 bits per heavy atom. The molecule has 6 heteroatoms. The molecule has 0 heterocycles. The van der Waals surface area contributed by atoms with Gasteiger partial charge in [-0.2, -0.15) is 0 Å². The quantitative estimate of drug-likeness (QED) is 0.775. The van der Waals surface area contributed by atoms with Crippen molar-refractivity contribution in [2.75, 3.05) is 0 Å². The molecule has 1 atom stereocenters. The van der Waals surface area contributed by atoms with Crippen LogP contribution in [0.1, 0.15) is 11.1 Å². The number of halogens is 3. The van der Waals surface area contributed by atoms with E-state index in [1.807, 2.05) is 0 Å². The first-order valence-electron chi connectivity index (χ1n) is 4.46. The Hall–Kier alpha value is -1.56. The number of carbonyl (C=O) groups is 1. The third-order valence-corrected chi connectivity index (χ3v) is 2.27. The van der Waals surface area contributed by atoms with Gasteiger partial charge in [-0.05, 0) is 30.5 Å². The zero-order chi connectivity index (χ0) is 12.5. The van der Waals surface area contributed by atoms with Crippen molar-refractivity contribution in [2.24, 2.45) is 5.73 Å². The molecule has 0 aliphatic heterocycles. The van der Waals surface area contributed by atoms with Crippen molar-refractivity contribution in [1.29, 1.82) is 0 Å². The van der Waals surface area contributed by atoms with Crippen molar-refractivity contribution in [3.8, 4) is 0 Å². The Balaban J connectivity index is 3.11. The minimum atomic E-state index is -1.56. The van der Waals surface area contributed by atoms with Gasteiger partial charge in [0.15, 0.2) is 17.5 Å². The molecule has 1 aromatic carbocycles. The lowest BCUT2D eigenvalue weighted by Gasteiger charge is -2.10. The van der Waals surface area contributed by atoms with Gasteiger partial charge in [-0.25, -0.2) is 13.2 Å². The molecule has 88 valence electrons. The minimum Gasteiger partial charge on any atom is -0.480 e. The maximum atomic E-state index is 13.1. The summed E-state index contributed by atoms with van der Waals surface area (Å²) in [5.41, 5.74) is 5.14. The standard InChI is InChI=1S/C10H10F3NO2/c1-4-5(3-7(14)10(15)16)2-6(11)9(13)8(4)12/h2,7H,3,14H2,1H3,(H,15,16). The van der Waals surface area contributed by atoms with Gasteiger partial charge in [0.2, 0.25) is 0 Å². The average molecular weight is 233 g/mol. The molecule has 3 nitrogen and oxygen atoms in total. The number of carboxylic acid groups (broad SMARTS) is 1. The van der Waals surface area contributed by atoms with E-state index in [1.165, 1.54) is 6.92 Å². The first-order valence-corrected chi connectivity index (χ1v) is 4.46. The summed E-state index contributed by atoms with van der Waals surface area (Å²) < 4.78 is 38.7. The molecule has 0 amide bonds. The molecule has 0 saturated carbocycles. The summed E-state index contributed by atoms with van der Waals surface area (Å²) in [6.45, 7) is 1.24. The van der Waals surface area contributed by atoms with Crippen molar-refractivity contribution in [3.63, 3.8) is 0 Å². The van der Waals surface area contributed by atoms with Gasteiger partial charge in [0, 0.05) is 0 Å². The molecule has 0 fully saturated rings. The normalized spacial score (nSPS) is 12.6. The monoisotopic (exact) mass is 233 g/mol. The van der Waals surface area contributed by atoms with Crippen LogP contribution in [0.5, 0.6) is 0 Å². The zero-order valence-electron chi connectivity index (χ0n) is 8.43. The summed E-state index contributed by atoms with van der Waals surface area (Å²) in [5, 5.41) is 8.54. The van der Waals surface area contributed by atoms with Crippen LogP contribution in [0.2, 0.25) is 0 Å². The van der Waals surface area contributed by atoms with Gasteiger partial charge in [-0.1, -0.05) is 0 Å². The highest BCUT2D eigenvalue weighted by Crippen LogP contribution is 2.20. The van der Waals surface area contributed by atoms with Crippen LogP contribution < -0.4 is 5.73 Å². The van der Waals surface area contributed by atoms with Crippen molar-refractivity contribution < 1.29 is 23.1 Å². The molecule has 0 radical (unpaired) electrons. The Labute approximate surface area is 89.7 Å². The fourth-order valence-electron chi connectivity index (χ4n) is 1.27. The van der Waals surface area contributed by atoms with Gasteiger partial charge in [0.05, 0.1) is 0 Å². The smallest absolute Gasteiger partial charge is 0.320 e. The van der Waals surface area contributed by atoms with Crippen LogP contribution in [0.15, 0.2) is 6.07 Å². The van der Waals surface area contributed by atoms with E-state index in [1.54, 1.807) is 0 Å². The average Bonchev–Trinajstić information content (AvgIpc) is 2.22. The lowest BCUT2D eigenvalue weighted by molar-refractivity contribution is -0.138. The van der Waals surface area contributed by atoms with Gasteiger partial charge in [-0.15, -0.1) is 0 Å². The number of carboxylic acids is 1. The fraction of sp³-hybridized carbons (Fsp3) is 0.300. The van der Waals surface area contributed by atoms with Gasteiger partial charge in [0.1, 0.15) is 6.04 Å². The van der Waals surface area contributed by atoms with E-state index in [0.717, 1.165) is 6.07 Å². The maximum Gasteiger partial charge on any atom is 0.320 e. The molecule has 3 N–H and O–H groups in total.